The molecule has 158 valence electrons. The number of para-hydroxylation sites is 1. The lowest BCUT2D eigenvalue weighted by atomic mass is 10.1. The second-order valence-corrected chi connectivity index (χ2v) is 9.59. The van der Waals surface area contributed by atoms with E-state index >= 15 is 0 Å². The van der Waals surface area contributed by atoms with Gasteiger partial charge in [-0.2, -0.15) is 5.10 Å². The highest BCUT2D eigenvalue weighted by atomic mass is 32.2. The number of nitrogens with zero attached hydrogens (tertiary/aromatic N) is 2. The van der Waals surface area contributed by atoms with E-state index in [1.807, 2.05) is 54.2 Å². The lowest BCUT2D eigenvalue weighted by molar-refractivity contribution is 0.411. The van der Waals surface area contributed by atoms with Crippen molar-refractivity contribution >= 4 is 57.1 Å². The fourth-order valence-electron chi connectivity index (χ4n) is 3.12. The minimum atomic E-state index is 0.261. The maximum absolute atomic E-state index is 5.55. The van der Waals surface area contributed by atoms with Crippen LogP contribution in [0.25, 0.3) is 0 Å². The number of methoxy groups -OCH3 is 1. The molecule has 1 aliphatic heterocycles. The number of hydrogen-bond acceptors (Lipinski definition) is 6. The molecule has 2 aromatic carbocycles. The van der Waals surface area contributed by atoms with Crippen LogP contribution in [0.1, 0.15) is 11.1 Å². The highest BCUT2D eigenvalue weighted by Gasteiger charge is 2.27. The van der Waals surface area contributed by atoms with Crippen molar-refractivity contribution in [3.05, 3.63) is 84.0 Å². The van der Waals surface area contributed by atoms with E-state index in [9.17, 15) is 0 Å². The van der Waals surface area contributed by atoms with Crippen LogP contribution < -0.4 is 15.5 Å². The number of ether oxygens (including phenoxy) is 1. The van der Waals surface area contributed by atoms with E-state index in [0.717, 1.165) is 32.7 Å². The van der Waals surface area contributed by atoms with Crippen LogP contribution in [0, 0.1) is 0 Å². The second-order valence-electron chi connectivity index (χ2n) is 6.79. The van der Waals surface area contributed by atoms with Crippen molar-refractivity contribution < 1.29 is 4.74 Å². The monoisotopic (exact) mass is 466 g/mol. The maximum Gasteiger partial charge on any atom is 0.191 e. The largest absolute Gasteiger partial charge is 0.496 e. The molecule has 0 unspecified atom stereocenters. The van der Waals surface area contributed by atoms with Crippen LogP contribution >= 0.6 is 35.7 Å². The van der Waals surface area contributed by atoms with E-state index in [4.69, 9.17) is 21.9 Å². The molecule has 31 heavy (non-hydrogen) atoms. The molecule has 2 aliphatic rings. The molecule has 0 saturated carbocycles. The second kappa shape index (κ2) is 10.7. The molecule has 0 amide bonds. The fourth-order valence-corrected chi connectivity index (χ4v) is 5.65. The van der Waals surface area contributed by atoms with Gasteiger partial charge in [0.15, 0.2) is 5.11 Å². The first-order valence-corrected chi connectivity index (χ1v) is 12.0. The van der Waals surface area contributed by atoms with Crippen molar-refractivity contribution in [1.29, 1.82) is 0 Å². The summed E-state index contributed by atoms with van der Waals surface area (Å²) in [7, 11) is 1.69. The van der Waals surface area contributed by atoms with Gasteiger partial charge in [-0.3, -0.25) is 10.4 Å². The van der Waals surface area contributed by atoms with Gasteiger partial charge < -0.3 is 10.1 Å². The normalized spacial score (nSPS) is 19.2. The van der Waals surface area contributed by atoms with Crippen LogP contribution in [0.5, 0.6) is 5.75 Å². The molecule has 8 heteroatoms. The van der Waals surface area contributed by atoms with Gasteiger partial charge >= 0.3 is 0 Å². The van der Waals surface area contributed by atoms with Crippen LogP contribution in [-0.2, 0) is 5.75 Å². The standard InChI is InChI=1S/C23H22N4OS3/c1-28-20-12-11-16(14-24-27-22(29)25-18-7-3-2-4-8-18)13-17(20)15-30-23-26-19-9-5-6-10-21(19)31-23/h2-14,19,21H,15H2,1H3,(H2,25,27,29)/b24-14-/t19-,21+/m1/s1. The molecule has 2 N–H and O–H groups in total. The molecule has 4 rings (SSSR count). The number of nitrogens with one attached hydrogen (secondary N) is 2. The summed E-state index contributed by atoms with van der Waals surface area (Å²) in [6.07, 6.45) is 10.3. The molecule has 0 aromatic heterocycles. The Labute approximate surface area is 196 Å². The van der Waals surface area contributed by atoms with E-state index < -0.39 is 0 Å². The van der Waals surface area contributed by atoms with Gasteiger partial charge in [0, 0.05) is 17.0 Å². The predicted octanol–water partition coefficient (Wildman–Crippen LogP) is 5.21. The average molecular weight is 467 g/mol. The molecule has 0 saturated heterocycles. The summed E-state index contributed by atoms with van der Waals surface area (Å²) in [4.78, 5) is 4.81. The molecule has 2 atom stereocenters. The van der Waals surface area contributed by atoms with Crippen LogP contribution in [0.15, 0.2) is 82.9 Å². The number of fused-ring (bicyclic) bond motifs is 1. The first-order valence-electron chi connectivity index (χ1n) is 9.75. The number of allylic oxidation sites excluding steroid dienone is 2. The summed E-state index contributed by atoms with van der Waals surface area (Å²) < 4.78 is 6.66. The Morgan fingerprint density at radius 2 is 2.06 bits per heavy atom. The van der Waals surface area contributed by atoms with Gasteiger partial charge in [0.1, 0.15) is 10.1 Å². The zero-order valence-corrected chi connectivity index (χ0v) is 19.3. The maximum atomic E-state index is 5.55. The molecule has 2 aromatic rings. The summed E-state index contributed by atoms with van der Waals surface area (Å²) in [5, 5.41) is 8.20. The summed E-state index contributed by atoms with van der Waals surface area (Å²) >= 11 is 8.85. The van der Waals surface area contributed by atoms with Gasteiger partial charge in [0.05, 0.1) is 24.6 Å². The van der Waals surface area contributed by atoms with Crippen molar-refractivity contribution in [3.63, 3.8) is 0 Å². The molecule has 5 nitrogen and oxygen atoms in total. The molecule has 1 heterocycles. The van der Waals surface area contributed by atoms with E-state index in [-0.39, 0.29) is 6.04 Å². The number of benzene rings is 2. The molecule has 0 bridgehead atoms. The molecule has 0 spiro atoms. The summed E-state index contributed by atoms with van der Waals surface area (Å²) in [6, 6.07) is 16.0. The van der Waals surface area contributed by atoms with Crippen LogP contribution in [0.3, 0.4) is 0 Å². The first-order chi connectivity index (χ1) is 15.2. The Bertz CT molecular complexity index is 1050. The molecular formula is C23H22N4OS3. The van der Waals surface area contributed by atoms with Crippen LogP contribution in [0.2, 0.25) is 0 Å². The molecule has 1 aliphatic carbocycles. The van der Waals surface area contributed by atoms with E-state index in [1.54, 1.807) is 25.1 Å². The van der Waals surface area contributed by atoms with Gasteiger partial charge in [0.25, 0.3) is 0 Å². The van der Waals surface area contributed by atoms with Gasteiger partial charge in [-0.1, -0.05) is 66.0 Å². The molecule has 0 fully saturated rings. The van der Waals surface area contributed by atoms with E-state index in [1.165, 1.54) is 0 Å². The number of hydrazone groups is 1. The Kier molecular flexibility index (Phi) is 7.45. The first kappa shape index (κ1) is 21.7. The number of rotatable bonds is 6. The number of thioether (sulfide) groups is 2. The minimum Gasteiger partial charge on any atom is -0.496 e. The SMILES string of the molecule is COc1ccc(/C=N\NC(=S)Nc2ccccc2)cc1CSC1=N[C@@H]2C=CC=C[C@@H]2S1. The Morgan fingerprint density at radius 3 is 2.87 bits per heavy atom. The lowest BCUT2D eigenvalue weighted by Crippen LogP contribution is -2.23. The highest BCUT2D eigenvalue weighted by molar-refractivity contribution is 8.39. The summed E-state index contributed by atoms with van der Waals surface area (Å²) in [5.74, 6) is 1.64. The zero-order valence-electron chi connectivity index (χ0n) is 16.9. The number of hydrogen-bond donors (Lipinski definition) is 2. The number of thiocarbonyl (C=S) groups is 1. The third kappa shape index (κ3) is 6.00. The van der Waals surface area contributed by atoms with Crippen molar-refractivity contribution in [2.45, 2.75) is 17.0 Å². The topological polar surface area (TPSA) is 58.0 Å². The third-order valence-electron chi connectivity index (χ3n) is 4.62. The van der Waals surface area contributed by atoms with Crippen molar-refractivity contribution in [2.75, 3.05) is 12.4 Å². The Hall–Kier alpha value is -2.55. The zero-order chi connectivity index (χ0) is 21.5. The molecule has 0 radical (unpaired) electrons. The van der Waals surface area contributed by atoms with Crippen LogP contribution in [0.4, 0.5) is 5.69 Å². The summed E-state index contributed by atoms with van der Waals surface area (Å²) in [6.45, 7) is 0. The van der Waals surface area contributed by atoms with E-state index in [0.29, 0.717) is 10.4 Å². The van der Waals surface area contributed by atoms with Gasteiger partial charge in [-0.05, 0) is 48.1 Å². The van der Waals surface area contributed by atoms with Gasteiger partial charge in [0.2, 0.25) is 0 Å². The van der Waals surface area contributed by atoms with Crippen LogP contribution in [-0.4, -0.2) is 34.1 Å². The summed E-state index contributed by atoms with van der Waals surface area (Å²) in [5.41, 5.74) is 5.83. The fraction of sp³-hybridized carbons (Fsp3) is 0.174. The quantitative estimate of drug-likeness (QED) is 0.346. The highest BCUT2D eigenvalue weighted by Crippen LogP contribution is 2.37. The van der Waals surface area contributed by atoms with Crippen molar-refractivity contribution in [1.82, 2.24) is 5.43 Å². The van der Waals surface area contributed by atoms with Gasteiger partial charge in [-0.25, -0.2) is 0 Å². The van der Waals surface area contributed by atoms with Gasteiger partial charge in [-0.15, -0.1) is 0 Å². The Balaban J connectivity index is 1.34. The van der Waals surface area contributed by atoms with Crippen molar-refractivity contribution in [2.24, 2.45) is 10.1 Å². The smallest absolute Gasteiger partial charge is 0.191 e. The number of anilines is 1. The minimum absolute atomic E-state index is 0.261. The number of aliphatic imine (C=N–C) groups is 1. The predicted molar refractivity (Wildman–Crippen MR) is 139 cm³/mol. The lowest BCUT2D eigenvalue weighted by Gasteiger charge is -2.11. The average Bonchev–Trinajstić information content (AvgIpc) is 3.21. The van der Waals surface area contributed by atoms with E-state index in [2.05, 4.69) is 46.2 Å². The third-order valence-corrected chi connectivity index (χ3v) is 7.27. The molecular weight excluding hydrogens is 444 g/mol. The van der Waals surface area contributed by atoms with Crippen molar-refractivity contribution in [3.8, 4) is 5.75 Å². The Morgan fingerprint density at radius 1 is 1.23 bits per heavy atom.